The number of hydrogen-bond acceptors (Lipinski definition) is 4. The number of pyridine rings is 1. The highest BCUT2D eigenvalue weighted by Gasteiger charge is 2.19. The Morgan fingerprint density at radius 2 is 1.74 bits per heavy atom. The molecule has 0 spiro atoms. The van der Waals surface area contributed by atoms with Crippen molar-refractivity contribution >= 4 is 5.91 Å². The molecule has 0 saturated heterocycles. The molecule has 0 fully saturated rings. The standard InChI is InChI=1S/C21H20N2O4/c1-27-17-11-9-15(10-12-17)23-16(8-7-14-5-3-2-4-6-14)13-18(24)19(20(22)25)21(23)26/h2-6,9-13,24H,7-8H2,1H3,(H2,22,25). The van der Waals surface area contributed by atoms with Gasteiger partial charge in [0, 0.05) is 17.4 Å². The van der Waals surface area contributed by atoms with Crippen LogP contribution in [-0.2, 0) is 12.8 Å². The molecule has 1 amide bonds. The minimum absolute atomic E-state index is 0.402. The van der Waals surface area contributed by atoms with E-state index in [1.807, 2.05) is 30.3 Å². The maximum Gasteiger partial charge on any atom is 0.271 e. The summed E-state index contributed by atoms with van der Waals surface area (Å²) in [6.07, 6.45) is 1.17. The van der Waals surface area contributed by atoms with Crippen molar-refractivity contribution in [2.75, 3.05) is 7.11 Å². The van der Waals surface area contributed by atoms with Crippen molar-refractivity contribution in [1.29, 1.82) is 0 Å². The Morgan fingerprint density at radius 1 is 1.07 bits per heavy atom. The van der Waals surface area contributed by atoms with Crippen LogP contribution in [0.25, 0.3) is 5.69 Å². The number of benzene rings is 2. The summed E-state index contributed by atoms with van der Waals surface area (Å²) in [4.78, 5) is 24.5. The van der Waals surface area contributed by atoms with Gasteiger partial charge in [0.05, 0.1) is 7.11 Å². The van der Waals surface area contributed by atoms with E-state index in [0.29, 0.717) is 30.0 Å². The van der Waals surface area contributed by atoms with Gasteiger partial charge in [-0.05, 0) is 42.7 Å². The van der Waals surface area contributed by atoms with E-state index in [9.17, 15) is 14.7 Å². The van der Waals surface area contributed by atoms with Gasteiger partial charge in [-0.2, -0.15) is 0 Å². The smallest absolute Gasteiger partial charge is 0.271 e. The van der Waals surface area contributed by atoms with Crippen LogP contribution in [0.2, 0.25) is 0 Å². The largest absolute Gasteiger partial charge is 0.507 e. The number of carbonyl (C=O) groups is 1. The zero-order valence-electron chi connectivity index (χ0n) is 14.9. The predicted octanol–water partition coefficient (Wildman–Crippen LogP) is 2.44. The molecule has 0 bridgehead atoms. The third-order valence-electron chi connectivity index (χ3n) is 4.35. The number of nitrogens with zero attached hydrogens (tertiary/aromatic N) is 1. The highest BCUT2D eigenvalue weighted by molar-refractivity contribution is 5.95. The first kappa shape index (κ1) is 18.3. The van der Waals surface area contributed by atoms with Gasteiger partial charge in [0.25, 0.3) is 11.5 Å². The van der Waals surface area contributed by atoms with Crippen molar-refractivity contribution in [3.8, 4) is 17.2 Å². The van der Waals surface area contributed by atoms with Crippen molar-refractivity contribution in [2.24, 2.45) is 5.73 Å². The van der Waals surface area contributed by atoms with Crippen molar-refractivity contribution in [3.05, 3.63) is 87.8 Å². The maximum atomic E-state index is 12.9. The number of aromatic nitrogens is 1. The van der Waals surface area contributed by atoms with E-state index in [1.165, 1.54) is 10.6 Å². The maximum absolute atomic E-state index is 12.9. The molecule has 0 aliphatic rings. The lowest BCUT2D eigenvalue weighted by molar-refractivity contribution is 0.0996. The fraction of sp³-hybridized carbons (Fsp3) is 0.143. The molecule has 2 aromatic carbocycles. The number of aryl methyl sites for hydroxylation is 2. The van der Waals surface area contributed by atoms with Gasteiger partial charge < -0.3 is 15.6 Å². The minimum Gasteiger partial charge on any atom is -0.507 e. The molecule has 0 radical (unpaired) electrons. The molecule has 138 valence electrons. The van der Waals surface area contributed by atoms with Crippen molar-refractivity contribution in [3.63, 3.8) is 0 Å². The zero-order valence-corrected chi connectivity index (χ0v) is 14.9. The highest BCUT2D eigenvalue weighted by Crippen LogP contribution is 2.21. The molecule has 0 aliphatic carbocycles. The number of amides is 1. The second-order valence-electron chi connectivity index (χ2n) is 6.08. The van der Waals surface area contributed by atoms with Crippen LogP contribution in [0, 0.1) is 0 Å². The first-order chi connectivity index (χ1) is 13.0. The van der Waals surface area contributed by atoms with E-state index in [1.54, 1.807) is 31.4 Å². The van der Waals surface area contributed by atoms with Gasteiger partial charge >= 0.3 is 0 Å². The van der Waals surface area contributed by atoms with Crippen molar-refractivity contribution in [1.82, 2.24) is 4.57 Å². The van der Waals surface area contributed by atoms with Crippen LogP contribution in [0.3, 0.4) is 0 Å². The molecule has 0 saturated carbocycles. The van der Waals surface area contributed by atoms with E-state index in [0.717, 1.165) is 5.56 Å². The lowest BCUT2D eigenvalue weighted by Gasteiger charge is -2.16. The average molecular weight is 364 g/mol. The van der Waals surface area contributed by atoms with Crippen molar-refractivity contribution < 1.29 is 14.6 Å². The molecular weight excluding hydrogens is 344 g/mol. The number of rotatable bonds is 6. The zero-order chi connectivity index (χ0) is 19.4. The van der Waals surface area contributed by atoms with Gasteiger partial charge in [-0.1, -0.05) is 30.3 Å². The first-order valence-corrected chi connectivity index (χ1v) is 8.47. The lowest BCUT2D eigenvalue weighted by atomic mass is 10.1. The van der Waals surface area contributed by atoms with Crippen LogP contribution in [0.15, 0.2) is 65.5 Å². The SMILES string of the molecule is COc1ccc(-n2c(CCc3ccccc3)cc(O)c(C(N)=O)c2=O)cc1. The molecule has 3 aromatic rings. The summed E-state index contributed by atoms with van der Waals surface area (Å²) in [5.74, 6) is -0.721. The van der Waals surface area contributed by atoms with Crippen LogP contribution < -0.4 is 16.0 Å². The summed E-state index contributed by atoms with van der Waals surface area (Å²) in [6, 6.07) is 18.1. The van der Waals surface area contributed by atoms with E-state index in [-0.39, 0.29) is 0 Å². The monoisotopic (exact) mass is 364 g/mol. The molecule has 0 unspecified atom stereocenters. The van der Waals surface area contributed by atoms with Crippen LogP contribution >= 0.6 is 0 Å². The quantitative estimate of drug-likeness (QED) is 0.702. The average Bonchev–Trinajstić information content (AvgIpc) is 2.67. The van der Waals surface area contributed by atoms with Crippen LogP contribution in [0.4, 0.5) is 0 Å². The molecule has 1 aromatic heterocycles. The summed E-state index contributed by atoms with van der Waals surface area (Å²) >= 11 is 0. The van der Waals surface area contributed by atoms with Gasteiger partial charge in [0.1, 0.15) is 17.1 Å². The molecule has 27 heavy (non-hydrogen) atoms. The Morgan fingerprint density at radius 3 is 2.33 bits per heavy atom. The number of methoxy groups -OCH3 is 1. The number of hydrogen-bond donors (Lipinski definition) is 2. The number of aromatic hydroxyl groups is 1. The molecule has 6 nitrogen and oxygen atoms in total. The van der Waals surface area contributed by atoms with Gasteiger partial charge in [-0.3, -0.25) is 14.2 Å². The molecule has 0 aliphatic heterocycles. The molecule has 0 atom stereocenters. The van der Waals surface area contributed by atoms with Gasteiger partial charge in [-0.25, -0.2) is 0 Å². The van der Waals surface area contributed by atoms with E-state index in [2.05, 4.69) is 0 Å². The summed E-state index contributed by atoms with van der Waals surface area (Å²) in [5, 5.41) is 10.2. The fourth-order valence-corrected chi connectivity index (χ4v) is 2.99. The Balaban J connectivity index is 2.10. The first-order valence-electron chi connectivity index (χ1n) is 8.47. The van der Waals surface area contributed by atoms with E-state index < -0.39 is 22.8 Å². The predicted molar refractivity (Wildman–Crippen MR) is 103 cm³/mol. The molecular formula is C21H20N2O4. The Labute approximate surface area is 156 Å². The Bertz CT molecular complexity index is 1010. The lowest BCUT2D eigenvalue weighted by Crippen LogP contribution is -2.30. The number of nitrogens with two attached hydrogens (primary N) is 1. The molecule has 1 heterocycles. The third kappa shape index (κ3) is 3.84. The summed E-state index contributed by atoms with van der Waals surface area (Å²) in [7, 11) is 1.55. The van der Waals surface area contributed by atoms with E-state index >= 15 is 0 Å². The normalized spacial score (nSPS) is 10.6. The number of carbonyl (C=O) groups excluding carboxylic acids is 1. The molecule has 3 N–H and O–H groups in total. The second-order valence-corrected chi connectivity index (χ2v) is 6.08. The Kier molecular flexibility index (Phi) is 5.26. The number of primary amides is 1. The van der Waals surface area contributed by atoms with Gasteiger partial charge in [0.2, 0.25) is 0 Å². The van der Waals surface area contributed by atoms with Crippen LogP contribution in [0.1, 0.15) is 21.6 Å². The molecule has 3 rings (SSSR count). The molecule has 6 heteroatoms. The summed E-state index contributed by atoms with van der Waals surface area (Å²) < 4.78 is 6.56. The van der Waals surface area contributed by atoms with Crippen LogP contribution in [-0.4, -0.2) is 22.7 Å². The van der Waals surface area contributed by atoms with Gasteiger partial charge in [-0.15, -0.1) is 0 Å². The third-order valence-corrected chi connectivity index (χ3v) is 4.35. The highest BCUT2D eigenvalue weighted by atomic mass is 16.5. The van der Waals surface area contributed by atoms with Crippen molar-refractivity contribution in [2.45, 2.75) is 12.8 Å². The Hall–Kier alpha value is -3.54. The van der Waals surface area contributed by atoms with E-state index in [4.69, 9.17) is 10.5 Å². The minimum atomic E-state index is -0.964. The van der Waals surface area contributed by atoms with Gasteiger partial charge in [0.15, 0.2) is 0 Å². The topological polar surface area (TPSA) is 94.5 Å². The van der Waals surface area contributed by atoms with Crippen LogP contribution in [0.5, 0.6) is 11.5 Å². The summed E-state index contributed by atoms with van der Waals surface area (Å²) in [6.45, 7) is 0. The number of ether oxygens (including phenoxy) is 1. The fourth-order valence-electron chi connectivity index (χ4n) is 2.99. The summed E-state index contributed by atoms with van der Waals surface area (Å²) in [5.41, 5.74) is 6.47. The second kappa shape index (κ2) is 7.78.